The smallest absolute Gasteiger partial charge is 0.255 e. The molecule has 2 fully saturated rings. The number of carbonyl (C=O) groups is 1. The number of ether oxygens (including phenoxy) is 1. The minimum absolute atomic E-state index is 0.231. The molecule has 0 bridgehead atoms. The largest absolute Gasteiger partial charge is 0.497 e. The van der Waals surface area contributed by atoms with Crippen LogP contribution in [0.5, 0.6) is 5.75 Å². The van der Waals surface area contributed by atoms with E-state index < -0.39 is 10.0 Å². The topological polar surface area (TPSA) is 79.0 Å². The van der Waals surface area contributed by atoms with E-state index in [9.17, 15) is 13.2 Å². The van der Waals surface area contributed by atoms with Crippen LogP contribution >= 0.6 is 0 Å². The maximum Gasteiger partial charge on any atom is 0.255 e. The zero-order valence-corrected chi connectivity index (χ0v) is 21.1. The van der Waals surface area contributed by atoms with Crippen LogP contribution < -0.4 is 15.0 Å². The lowest BCUT2D eigenvalue weighted by atomic mass is 9.98. The molecule has 0 radical (unpaired) electrons. The Morgan fingerprint density at radius 2 is 1.59 bits per heavy atom. The number of methoxy groups -OCH3 is 1. The van der Waals surface area contributed by atoms with Crippen LogP contribution in [0.3, 0.4) is 0 Å². The fraction of sp³-hybridized carbons (Fsp3) is 0.500. The van der Waals surface area contributed by atoms with Gasteiger partial charge in [-0.1, -0.05) is 19.9 Å². The first-order valence-corrected chi connectivity index (χ1v) is 13.6. The molecule has 7 nitrogen and oxygen atoms in total. The van der Waals surface area contributed by atoms with Gasteiger partial charge < -0.3 is 15.0 Å². The number of hydrogen-bond donors (Lipinski definition) is 1. The summed E-state index contributed by atoms with van der Waals surface area (Å²) in [6.07, 6.45) is 3.76. The van der Waals surface area contributed by atoms with Crippen LogP contribution in [0.4, 0.5) is 11.4 Å². The molecule has 0 saturated carbocycles. The molecule has 1 N–H and O–H groups in total. The molecule has 0 aliphatic carbocycles. The highest BCUT2D eigenvalue weighted by atomic mass is 32.2. The van der Waals surface area contributed by atoms with Crippen LogP contribution in [-0.2, 0) is 10.0 Å². The summed E-state index contributed by atoms with van der Waals surface area (Å²) in [5, 5.41) is 2.86. The van der Waals surface area contributed by atoms with Crippen LogP contribution in [-0.4, -0.2) is 51.9 Å². The lowest BCUT2D eigenvalue weighted by Crippen LogP contribution is -2.39. The van der Waals surface area contributed by atoms with E-state index in [1.165, 1.54) is 0 Å². The lowest BCUT2D eigenvalue weighted by Gasteiger charge is -2.35. The Balaban J connectivity index is 1.67. The molecule has 1 amide bonds. The number of benzene rings is 2. The predicted molar refractivity (Wildman–Crippen MR) is 135 cm³/mol. The molecule has 8 heteroatoms. The number of nitrogens with zero attached hydrogens (tertiary/aromatic N) is 2. The van der Waals surface area contributed by atoms with Crippen molar-refractivity contribution in [3.05, 3.63) is 48.0 Å². The third-order valence-electron chi connectivity index (χ3n) is 7.03. The monoisotopic (exact) mass is 485 g/mol. The zero-order valence-electron chi connectivity index (χ0n) is 20.3. The normalized spacial score (nSPS) is 18.6. The molecule has 2 aromatic carbocycles. The molecule has 2 aliphatic rings. The minimum Gasteiger partial charge on any atom is -0.497 e. The number of rotatable bonds is 6. The van der Waals surface area contributed by atoms with Gasteiger partial charge in [0.15, 0.2) is 0 Å². The molecule has 0 atom stereocenters. The number of piperidine rings is 2. The quantitative estimate of drug-likeness (QED) is 0.647. The molecule has 2 aromatic rings. The van der Waals surface area contributed by atoms with Crippen molar-refractivity contribution in [1.29, 1.82) is 0 Å². The number of carbonyl (C=O) groups excluding carboxylic acids is 1. The third-order valence-corrected chi connectivity index (χ3v) is 8.96. The van der Waals surface area contributed by atoms with E-state index in [-0.39, 0.29) is 10.8 Å². The summed E-state index contributed by atoms with van der Waals surface area (Å²) in [5.74, 6) is 1.44. The molecule has 2 heterocycles. The summed E-state index contributed by atoms with van der Waals surface area (Å²) in [6, 6.07) is 12.2. The van der Waals surface area contributed by atoms with E-state index in [2.05, 4.69) is 24.1 Å². The minimum atomic E-state index is -3.73. The van der Waals surface area contributed by atoms with Crippen molar-refractivity contribution in [2.24, 2.45) is 11.8 Å². The fourth-order valence-corrected chi connectivity index (χ4v) is 6.35. The SMILES string of the molecule is COc1cccc(NC(=O)c2ccc(N3CCC(C)CC3)c(S(=O)(=O)N3CCC(C)CC3)c2)c1. The van der Waals surface area contributed by atoms with Crippen LogP contribution in [0.25, 0.3) is 0 Å². The van der Waals surface area contributed by atoms with Crippen molar-refractivity contribution in [2.75, 3.05) is 43.5 Å². The summed E-state index contributed by atoms with van der Waals surface area (Å²) < 4.78 is 34.4. The van der Waals surface area contributed by atoms with Gasteiger partial charge in [-0.3, -0.25) is 4.79 Å². The standard InChI is InChI=1S/C26H35N3O4S/c1-19-9-13-28(14-10-19)24-8-7-21(26(30)27-22-5-4-6-23(18-22)33-3)17-25(24)34(31,32)29-15-11-20(2)12-16-29/h4-8,17-20H,9-16H2,1-3H3,(H,27,30). The third kappa shape index (κ3) is 5.39. The van der Waals surface area contributed by atoms with Crippen molar-refractivity contribution >= 4 is 27.3 Å². The highest BCUT2D eigenvalue weighted by Gasteiger charge is 2.32. The van der Waals surface area contributed by atoms with E-state index in [0.29, 0.717) is 47.6 Å². The van der Waals surface area contributed by atoms with Crippen LogP contribution in [0.15, 0.2) is 47.4 Å². The Kier molecular flexibility index (Phi) is 7.48. The van der Waals surface area contributed by atoms with E-state index in [0.717, 1.165) is 38.8 Å². The van der Waals surface area contributed by atoms with Crippen molar-refractivity contribution in [3.8, 4) is 5.75 Å². The Hall–Kier alpha value is -2.58. The number of anilines is 2. The Morgan fingerprint density at radius 1 is 0.941 bits per heavy atom. The van der Waals surface area contributed by atoms with Gasteiger partial charge in [0.25, 0.3) is 5.91 Å². The summed E-state index contributed by atoms with van der Waals surface area (Å²) in [4.78, 5) is 15.5. The zero-order chi connectivity index (χ0) is 24.3. The summed E-state index contributed by atoms with van der Waals surface area (Å²) in [6.45, 7) is 7.05. The molecule has 0 spiro atoms. The molecule has 4 rings (SSSR count). The Labute approximate surface area is 203 Å². The maximum atomic E-state index is 13.8. The Bertz CT molecular complexity index is 1120. The molecular formula is C26H35N3O4S. The van der Waals surface area contributed by atoms with Gasteiger partial charge in [0.1, 0.15) is 10.6 Å². The van der Waals surface area contributed by atoms with Crippen molar-refractivity contribution in [1.82, 2.24) is 4.31 Å². The molecule has 2 aliphatic heterocycles. The van der Waals surface area contributed by atoms with Crippen molar-refractivity contribution in [3.63, 3.8) is 0 Å². The predicted octanol–water partition coefficient (Wildman–Crippen LogP) is 4.60. The van der Waals surface area contributed by atoms with Crippen LogP contribution in [0.2, 0.25) is 0 Å². The average Bonchev–Trinajstić information content (AvgIpc) is 2.84. The second-order valence-corrected chi connectivity index (χ2v) is 11.5. The van der Waals surface area contributed by atoms with Gasteiger partial charge in [-0.05, 0) is 67.9 Å². The Morgan fingerprint density at radius 3 is 2.24 bits per heavy atom. The fourth-order valence-electron chi connectivity index (χ4n) is 4.64. The molecule has 2 saturated heterocycles. The first-order valence-electron chi connectivity index (χ1n) is 12.1. The molecule has 0 unspecified atom stereocenters. The second kappa shape index (κ2) is 10.4. The highest BCUT2D eigenvalue weighted by Crippen LogP contribution is 2.34. The van der Waals surface area contributed by atoms with E-state index in [1.807, 2.05) is 0 Å². The van der Waals surface area contributed by atoms with E-state index in [1.54, 1.807) is 53.9 Å². The van der Waals surface area contributed by atoms with Crippen molar-refractivity contribution < 1.29 is 17.9 Å². The van der Waals surface area contributed by atoms with Crippen LogP contribution in [0, 0.1) is 11.8 Å². The van der Waals surface area contributed by atoms with Gasteiger partial charge in [0.2, 0.25) is 10.0 Å². The van der Waals surface area contributed by atoms with Gasteiger partial charge in [0, 0.05) is 43.5 Å². The summed E-state index contributed by atoms with van der Waals surface area (Å²) >= 11 is 0. The highest BCUT2D eigenvalue weighted by molar-refractivity contribution is 7.89. The number of nitrogens with one attached hydrogen (secondary N) is 1. The van der Waals surface area contributed by atoms with Gasteiger partial charge >= 0.3 is 0 Å². The summed E-state index contributed by atoms with van der Waals surface area (Å²) in [5.41, 5.74) is 1.61. The van der Waals surface area contributed by atoms with Gasteiger partial charge in [-0.25, -0.2) is 8.42 Å². The van der Waals surface area contributed by atoms with Crippen LogP contribution in [0.1, 0.15) is 49.9 Å². The molecule has 0 aromatic heterocycles. The molecule has 34 heavy (non-hydrogen) atoms. The lowest BCUT2D eigenvalue weighted by molar-refractivity contribution is 0.102. The van der Waals surface area contributed by atoms with E-state index in [4.69, 9.17) is 4.74 Å². The number of hydrogen-bond acceptors (Lipinski definition) is 5. The number of amides is 1. The summed E-state index contributed by atoms with van der Waals surface area (Å²) in [7, 11) is -2.16. The van der Waals surface area contributed by atoms with E-state index >= 15 is 0 Å². The first kappa shape index (κ1) is 24.5. The van der Waals surface area contributed by atoms with Crippen molar-refractivity contribution in [2.45, 2.75) is 44.4 Å². The van der Waals surface area contributed by atoms with Gasteiger partial charge in [0.05, 0.1) is 12.8 Å². The maximum absolute atomic E-state index is 13.8. The number of sulfonamides is 1. The molecule has 184 valence electrons. The van der Waals surface area contributed by atoms with Gasteiger partial charge in [-0.2, -0.15) is 4.31 Å². The first-order chi connectivity index (χ1) is 16.3. The molecular weight excluding hydrogens is 450 g/mol. The van der Waals surface area contributed by atoms with Gasteiger partial charge in [-0.15, -0.1) is 0 Å². The second-order valence-electron chi connectivity index (χ2n) is 9.62. The average molecular weight is 486 g/mol.